The molecular formula is C15H13F2NO3. The second-order valence-corrected chi connectivity index (χ2v) is 4.11. The molecule has 1 amide bonds. The molecule has 0 aliphatic carbocycles. The average Bonchev–Trinajstić information content (AvgIpc) is 2.48. The average molecular weight is 293 g/mol. The summed E-state index contributed by atoms with van der Waals surface area (Å²) in [5.74, 6) is -1.24. The Morgan fingerprint density at radius 1 is 1.14 bits per heavy atom. The molecule has 2 rings (SSSR count). The molecule has 0 heterocycles. The maximum Gasteiger partial charge on any atom is 0.262 e. The van der Waals surface area contributed by atoms with Crippen LogP contribution in [0.25, 0.3) is 0 Å². The fraction of sp³-hybridized carbons (Fsp3) is 0.133. The normalized spacial score (nSPS) is 10.0. The topological polar surface area (TPSA) is 47.6 Å². The lowest BCUT2D eigenvalue weighted by molar-refractivity contribution is -0.118. The number of halogens is 2. The van der Waals surface area contributed by atoms with Gasteiger partial charge in [0.15, 0.2) is 18.1 Å². The van der Waals surface area contributed by atoms with E-state index in [9.17, 15) is 13.6 Å². The standard InChI is InChI=1S/C15H13F2NO3/c1-20-13-4-2-3-5-14(13)21-9-15(19)18-12-7-6-10(16)8-11(12)17/h2-8H,9H2,1H3,(H,18,19). The lowest BCUT2D eigenvalue weighted by Crippen LogP contribution is -2.21. The van der Waals surface area contributed by atoms with Gasteiger partial charge in [-0.05, 0) is 24.3 Å². The van der Waals surface area contributed by atoms with E-state index >= 15 is 0 Å². The van der Waals surface area contributed by atoms with E-state index in [-0.39, 0.29) is 12.3 Å². The van der Waals surface area contributed by atoms with Crippen LogP contribution in [0.5, 0.6) is 11.5 Å². The summed E-state index contributed by atoms with van der Waals surface area (Å²) in [7, 11) is 1.48. The van der Waals surface area contributed by atoms with Gasteiger partial charge in [0.05, 0.1) is 12.8 Å². The van der Waals surface area contributed by atoms with Gasteiger partial charge in [-0.15, -0.1) is 0 Å². The second kappa shape index (κ2) is 6.69. The third-order valence-corrected chi connectivity index (χ3v) is 2.63. The van der Waals surface area contributed by atoms with E-state index in [1.54, 1.807) is 24.3 Å². The fourth-order valence-electron chi connectivity index (χ4n) is 1.66. The van der Waals surface area contributed by atoms with Crippen LogP contribution >= 0.6 is 0 Å². The van der Waals surface area contributed by atoms with E-state index in [0.717, 1.165) is 12.1 Å². The predicted octanol–water partition coefficient (Wildman–Crippen LogP) is 2.99. The van der Waals surface area contributed by atoms with Crippen molar-refractivity contribution < 1.29 is 23.0 Å². The summed E-state index contributed by atoms with van der Waals surface area (Å²) in [5, 5.41) is 2.30. The molecule has 21 heavy (non-hydrogen) atoms. The second-order valence-electron chi connectivity index (χ2n) is 4.11. The van der Waals surface area contributed by atoms with Crippen molar-refractivity contribution in [2.24, 2.45) is 0 Å². The van der Waals surface area contributed by atoms with Gasteiger partial charge < -0.3 is 14.8 Å². The Morgan fingerprint density at radius 3 is 2.52 bits per heavy atom. The van der Waals surface area contributed by atoms with Crippen molar-refractivity contribution >= 4 is 11.6 Å². The maximum atomic E-state index is 13.4. The van der Waals surface area contributed by atoms with Gasteiger partial charge in [0, 0.05) is 6.07 Å². The number of para-hydroxylation sites is 2. The van der Waals surface area contributed by atoms with E-state index in [1.807, 2.05) is 0 Å². The maximum absolute atomic E-state index is 13.4. The highest BCUT2D eigenvalue weighted by atomic mass is 19.1. The van der Waals surface area contributed by atoms with Gasteiger partial charge >= 0.3 is 0 Å². The first kappa shape index (κ1) is 14.8. The highest BCUT2D eigenvalue weighted by molar-refractivity contribution is 5.92. The highest BCUT2D eigenvalue weighted by Gasteiger charge is 2.10. The molecule has 0 aliphatic heterocycles. The number of ether oxygens (including phenoxy) is 2. The first-order valence-electron chi connectivity index (χ1n) is 6.11. The minimum absolute atomic E-state index is 0.106. The van der Waals surface area contributed by atoms with Crippen molar-refractivity contribution in [3.05, 3.63) is 54.1 Å². The minimum atomic E-state index is -0.847. The van der Waals surface area contributed by atoms with Crippen LogP contribution in [0.2, 0.25) is 0 Å². The van der Waals surface area contributed by atoms with Gasteiger partial charge in [-0.3, -0.25) is 4.79 Å². The van der Waals surface area contributed by atoms with E-state index in [4.69, 9.17) is 9.47 Å². The van der Waals surface area contributed by atoms with Gasteiger partial charge in [0.25, 0.3) is 5.91 Å². The molecule has 0 unspecified atom stereocenters. The zero-order valence-corrected chi connectivity index (χ0v) is 11.2. The SMILES string of the molecule is COc1ccccc1OCC(=O)Nc1ccc(F)cc1F. The van der Waals surface area contributed by atoms with E-state index in [1.165, 1.54) is 7.11 Å². The van der Waals surface area contributed by atoms with Crippen molar-refractivity contribution in [3.63, 3.8) is 0 Å². The third kappa shape index (κ3) is 3.92. The molecule has 0 spiro atoms. The molecule has 0 aromatic heterocycles. The Bertz CT molecular complexity index is 647. The summed E-state index contributed by atoms with van der Waals surface area (Å²) >= 11 is 0. The largest absolute Gasteiger partial charge is 0.493 e. The molecule has 0 fully saturated rings. The molecule has 0 radical (unpaired) electrons. The molecule has 0 saturated carbocycles. The van der Waals surface area contributed by atoms with Crippen molar-refractivity contribution in [1.29, 1.82) is 0 Å². The van der Waals surface area contributed by atoms with E-state index in [0.29, 0.717) is 17.6 Å². The molecule has 4 nitrogen and oxygen atoms in total. The van der Waals surface area contributed by atoms with Gasteiger partial charge in [0.1, 0.15) is 11.6 Å². The van der Waals surface area contributed by atoms with Gasteiger partial charge in [-0.1, -0.05) is 12.1 Å². The smallest absolute Gasteiger partial charge is 0.262 e. The minimum Gasteiger partial charge on any atom is -0.493 e. The molecule has 1 N–H and O–H groups in total. The molecule has 0 saturated heterocycles. The number of hydrogen-bond acceptors (Lipinski definition) is 3. The van der Waals surface area contributed by atoms with Crippen LogP contribution in [0, 0.1) is 11.6 Å². The Morgan fingerprint density at radius 2 is 1.86 bits per heavy atom. The van der Waals surface area contributed by atoms with Crippen molar-refractivity contribution in [1.82, 2.24) is 0 Å². The fourth-order valence-corrected chi connectivity index (χ4v) is 1.66. The molecule has 110 valence electrons. The molecule has 0 bridgehead atoms. The Labute approximate surface area is 120 Å². The van der Waals surface area contributed by atoms with Crippen LogP contribution in [-0.4, -0.2) is 19.6 Å². The lowest BCUT2D eigenvalue weighted by Gasteiger charge is -2.10. The summed E-state index contributed by atoms with van der Waals surface area (Å²) in [6.45, 7) is -0.322. The summed E-state index contributed by atoms with van der Waals surface area (Å²) in [4.78, 5) is 11.7. The highest BCUT2D eigenvalue weighted by Crippen LogP contribution is 2.25. The molecule has 2 aromatic rings. The number of rotatable bonds is 5. The number of carbonyl (C=O) groups is 1. The molecule has 6 heteroatoms. The van der Waals surface area contributed by atoms with Crippen molar-refractivity contribution in [3.8, 4) is 11.5 Å². The number of nitrogens with one attached hydrogen (secondary N) is 1. The summed E-state index contributed by atoms with van der Waals surface area (Å²) < 4.78 is 36.5. The summed E-state index contributed by atoms with van der Waals surface area (Å²) in [5.41, 5.74) is -0.106. The quantitative estimate of drug-likeness (QED) is 0.922. The van der Waals surface area contributed by atoms with Gasteiger partial charge in [-0.25, -0.2) is 8.78 Å². The lowest BCUT2D eigenvalue weighted by atomic mass is 10.3. The van der Waals surface area contributed by atoms with Crippen LogP contribution in [-0.2, 0) is 4.79 Å². The molecular weight excluding hydrogens is 280 g/mol. The monoisotopic (exact) mass is 293 g/mol. The Hall–Kier alpha value is -2.63. The third-order valence-electron chi connectivity index (χ3n) is 2.63. The first-order valence-corrected chi connectivity index (χ1v) is 6.11. The molecule has 0 atom stereocenters. The molecule has 2 aromatic carbocycles. The number of anilines is 1. The van der Waals surface area contributed by atoms with E-state index in [2.05, 4.69) is 5.32 Å². The van der Waals surface area contributed by atoms with Gasteiger partial charge in [-0.2, -0.15) is 0 Å². The number of amides is 1. The van der Waals surface area contributed by atoms with Crippen LogP contribution in [0.4, 0.5) is 14.5 Å². The van der Waals surface area contributed by atoms with Crippen LogP contribution in [0.1, 0.15) is 0 Å². The van der Waals surface area contributed by atoms with Crippen molar-refractivity contribution in [2.45, 2.75) is 0 Å². The van der Waals surface area contributed by atoms with E-state index < -0.39 is 17.5 Å². The number of hydrogen-bond donors (Lipinski definition) is 1. The number of methoxy groups -OCH3 is 1. The van der Waals surface area contributed by atoms with Crippen molar-refractivity contribution in [2.75, 3.05) is 19.0 Å². The Balaban J connectivity index is 1.96. The summed E-state index contributed by atoms with van der Waals surface area (Å²) in [6, 6.07) is 9.72. The zero-order chi connectivity index (χ0) is 15.2. The summed E-state index contributed by atoms with van der Waals surface area (Å²) in [6.07, 6.45) is 0. The predicted molar refractivity (Wildman–Crippen MR) is 73.5 cm³/mol. The van der Waals surface area contributed by atoms with Crippen LogP contribution in [0.15, 0.2) is 42.5 Å². The molecule has 0 aliphatic rings. The Kier molecular flexibility index (Phi) is 4.71. The first-order chi connectivity index (χ1) is 10.1. The van der Waals surface area contributed by atoms with Crippen LogP contribution in [0.3, 0.4) is 0 Å². The number of benzene rings is 2. The number of carbonyl (C=O) groups excluding carboxylic acids is 1. The zero-order valence-electron chi connectivity index (χ0n) is 11.2. The van der Waals surface area contributed by atoms with Gasteiger partial charge in [0.2, 0.25) is 0 Å². The van der Waals surface area contributed by atoms with Crippen LogP contribution < -0.4 is 14.8 Å².